The molecule has 50 heavy (non-hydrogen) atoms. The number of aryl methyl sites for hydroxylation is 1. The molecule has 0 aliphatic heterocycles. The molecule has 3 aromatic carbocycles. The monoisotopic (exact) mass is 717 g/mol. The second-order valence-corrected chi connectivity index (χ2v) is 9.56. The average molecular weight is 718 g/mol. The van der Waals surface area contributed by atoms with Crippen molar-refractivity contribution in [2.45, 2.75) is 38.6 Å². The molecule has 2 amide bonds. The molecule has 0 fully saturated rings. The molecule has 0 unspecified atom stereocenters. The van der Waals surface area contributed by atoms with Crippen molar-refractivity contribution in [2.75, 3.05) is 0 Å². The number of carbonyl (C=O) groups excluding carboxylic acids is 2. The summed E-state index contributed by atoms with van der Waals surface area (Å²) in [4.78, 5) is 24.9. The molecule has 0 radical (unpaired) electrons. The lowest BCUT2D eigenvalue weighted by atomic mass is 9.95. The second-order valence-electron chi connectivity index (χ2n) is 9.56. The molecule has 4 N–H and O–H groups in total. The minimum absolute atomic E-state index is 0.151. The van der Waals surface area contributed by atoms with Crippen LogP contribution in [0.2, 0.25) is 0 Å². The number of terminal acetylenes is 1. The summed E-state index contributed by atoms with van der Waals surface area (Å²) in [5.41, 5.74) is -1.24. The van der Waals surface area contributed by atoms with Crippen LogP contribution in [0.5, 0.6) is 0 Å². The molecule has 1 atom stereocenters. The van der Waals surface area contributed by atoms with Crippen molar-refractivity contribution < 1.29 is 58.2 Å². The van der Waals surface area contributed by atoms with Crippen molar-refractivity contribution in [3.05, 3.63) is 142 Å². The van der Waals surface area contributed by atoms with Gasteiger partial charge in [-0.1, -0.05) is 42.0 Å². The Hall–Kier alpha value is -5.56. The Morgan fingerprint density at radius 2 is 1.50 bits per heavy atom. The fourth-order valence-electron chi connectivity index (χ4n) is 3.80. The normalized spacial score (nSPS) is 12.6. The number of nitrogens with one attached hydrogen (secondary N) is 2. The zero-order valence-electron chi connectivity index (χ0n) is 26.1. The molecule has 0 saturated heterocycles. The third-order valence-corrected chi connectivity index (χ3v) is 6.14. The van der Waals surface area contributed by atoms with Gasteiger partial charge in [0.15, 0.2) is 0 Å². The third-order valence-electron chi connectivity index (χ3n) is 6.14. The number of allylic oxidation sites excluding steroid dienone is 2. The molecule has 0 aromatic heterocycles. The molecule has 16 heteroatoms. The van der Waals surface area contributed by atoms with Crippen molar-refractivity contribution in [3.63, 3.8) is 0 Å². The van der Waals surface area contributed by atoms with Gasteiger partial charge >= 0.3 is 18.7 Å². The van der Waals surface area contributed by atoms with E-state index in [2.05, 4.69) is 42.0 Å². The molecule has 0 spiro atoms. The fourth-order valence-corrected chi connectivity index (χ4v) is 3.80. The predicted octanol–water partition coefficient (Wildman–Crippen LogP) is 8.49. The number of nitrogen functional groups attached to an aromatic ring is 1. The van der Waals surface area contributed by atoms with Gasteiger partial charge in [-0.3, -0.25) is 15.0 Å². The largest absolute Gasteiger partial charge is 0.461 e. The SMILES string of the molecule is C#C.C\C=C(/C=C(\C=C\F)[C@H](NC(=O)c1ccc(F)c(C(F)(F)F)c1)c1ccc(F)c(C(=O)NN)c1)OC(F)(F)C(F)F.Cc1ccccc1. The van der Waals surface area contributed by atoms with Gasteiger partial charge in [-0.05, 0) is 73.5 Å². The zero-order valence-corrected chi connectivity index (χ0v) is 26.1. The van der Waals surface area contributed by atoms with Crippen LogP contribution in [0.3, 0.4) is 0 Å². The number of hydrazine groups is 1. The first-order chi connectivity index (χ1) is 23.4. The van der Waals surface area contributed by atoms with E-state index in [0.717, 1.165) is 25.1 Å². The summed E-state index contributed by atoms with van der Waals surface area (Å²) >= 11 is 0. The van der Waals surface area contributed by atoms with Crippen LogP contribution in [0.4, 0.5) is 43.9 Å². The summed E-state index contributed by atoms with van der Waals surface area (Å²) < 4.78 is 137. The van der Waals surface area contributed by atoms with E-state index in [0.29, 0.717) is 30.4 Å². The third kappa shape index (κ3) is 12.5. The van der Waals surface area contributed by atoms with Crippen molar-refractivity contribution in [3.8, 4) is 12.8 Å². The first-order valence-electron chi connectivity index (χ1n) is 13.8. The Kier molecular flexibility index (Phi) is 16.5. The van der Waals surface area contributed by atoms with Gasteiger partial charge in [0.2, 0.25) is 0 Å². The Morgan fingerprint density at radius 1 is 0.900 bits per heavy atom. The number of amides is 2. The lowest BCUT2D eigenvalue weighted by Gasteiger charge is -2.23. The van der Waals surface area contributed by atoms with E-state index in [1.165, 1.54) is 5.56 Å². The summed E-state index contributed by atoms with van der Waals surface area (Å²) in [5, 5.41) is 2.13. The van der Waals surface area contributed by atoms with Gasteiger partial charge in [-0.2, -0.15) is 30.7 Å². The Labute approximate surface area is 280 Å². The maximum atomic E-state index is 14.2. The second kappa shape index (κ2) is 19.4. The highest BCUT2D eigenvalue weighted by Gasteiger charge is 2.44. The summed E-state index contributed by atoms with van der Waals surface area (Å²) in [7, 11) is 0. The quantitative estimate of drug-likeness (QED) is 0.0373. The van der Waals surface area contributed by atoms with E-state index in [-0.39, 0.29) is 18.0 Å². The lowest BCUT2D eigenvalue weighted by molar-refractivity contribution is -0.279. The molecular weight excluding hydrogens is 688 g/mol. The van der Waals surface area contributed by atoms with Crippen LogP contribution in [0, 0.1) is 31.4 Å². The molecule has 3 aromatic rings. The number of hydrogen-bond acceptors (Lipinski definition) is 4. The molecular formula is C34H29F10N3O3. The van der Waals surface area contributed by atoms with E-state index in [1.54, 1.807) is 5.43 Å². The highest BCUT2D eigenvalue weighted by Crippen LogP contribution is 2.33. The number of hydrogen-bond donors (Lipinski definition) is 3. The smallest absolute Gasteiger partial charge is 0.429 e. The van der Waals surface area contributed by atoms with Crippen LogP contribution in [0.25, 0.3) is 0 Å². The number of benzene rings is 3. The summed E-state index contributed by atoms with van der Waals surface area (Å²) in [6.07, 6.45) is -4.86. The van der Waals surface area contributed by atoms with Gasteiger partial charge in [-0.25, -0.2) is 19.0 Å². The number of carbonyl (C=O) groups is 2. The Balaban J connectivity index is 0.00000121. The van der Waals surface area contributed by atoms with Crippen molar-refractivity contribution in [1.82, 2.24) is 10.7 Å². The van der Waals surface area contributed by atoms with E-state index >= 15 is 0 Å². The molecule has 0 aliphatic rings. The van der Waals surface area contributed by atoms with Crippen LogP contribution >= 0.6 is 0 Å². The maximum absolute atomic E-state index is 14.2. The highest BCUT2D eigenvalue weighted by atomic mass is 19.4. The predicted molar refractivity (Wildman–Crippen MR) is 165 cm³/mol. The van der Waals surface area contributed by atoms with Crippen molar-refractivity contribution in [2.24, 2.45) is 5.84 Å². The number of halogens is 10. The topological polar surface area (TPSA) is 93.5 Å². The van der Waals surface area contributed by atoms with E-state index in [1.807, 2.05) is 18.2 Å². The van der Waals surface area contributed by atoms with E-state index in [4.69, 9.17) is 5.84 Å². The standard InChI is InChI=1S/C25H19F10N3O3.C7H8.C2H2/c1-2-15(41-25(34,35)23(29)30)9-13(7-8-26)20(12-3-5-18(27)16(10-12)22(40)38-36)37-21(39)14-4-6-19(28)17(11-14)24(31,32)33;1-7-5-3-2-4-6-7;1-2/h2-11,20,23H,36H2,1H3,(H,37,39)(H,38,40);2-6H,1H3;1-2H/b8-7+,13-9+,15-2+;;/t20-;;/m1../s1. The Bertz CT molecular complexity index is 1700. The first-order valence-corrected chi connectivity index (χ1v) is 13.8. The molecule has 3 rings (SSSR count). The number of rotatable bonds is 10. The molecule has 0 bridgehead atoms. The van der Waals surface area contributed by atoms with Gasteiger partial charge < -0.3 is 10.1 Å². The van der Waals surface area contributed by atoms with Crippen LogP contribution in [0.15, 0.2) is 103 Å². The van der Waals surface area contributed by atoms with Gasteiger partial charge in [0.05, 0.1) is 23.5 Å². The summed E-state index contributed by atoms with van der Waals surface area (Å²) in [6, 6.07) is 12.0. The molecule has 0 aliphatic carbocycles. The number of alkyl halides is 7. The maximum Gasteiger partial charge on any atom is 0.461 e. The minimum Gasteiger partial charge on any atom is -0.429 e. The molecule has 268 valence electrons. The lowest BCUT2D eigenvalue weighted by Crippen LogP contribution is -2.32. The van der Waals surface area contributed by atoms with Crippen LogP contribution in [-0.4, -0.2) is 24.3 Å². The van der Waals surface area contributed by atoms with Gasteiger partial charge in [-0.15, -0.1) is 12.8 Å². The number of nitrogens with two attached hydrogens (primary N) is 1. The number of ether oxygens (including phenoxy) is 1. The van der Waals surface area contributed by atoms with E-state index in [9.17, 15) is 53.5 Å². The van der Waals surface area contributed by atoms with Crippen LogP contribution < -0.4 is 16.6 Å². The van der Waals surface area contributed by atoms with Gasteiger partial charge in [0.25, 0.3) is 11.8 Å². The van der Waals surface area contributed by atoms with Crippen molar-refractivity contribution in [1.29, 1.82) is 0 Å². The van der Waals surface area contributed by atoms with Crippen molar-refractivity contribution >= 4 is 11.8 Å². The van der Waals surface area contributed by atoms with E-state index < -0.39 is 76.2 Å². The van der Waals surface area contributed by atoms with Crippen LogP contribution in [0.1, 0.15) is 50.4 Å². The molecule has 0 heterocycles. The average Bonchev–Trinajstić information content (AvgIpc) is 3.07. The summed E-state index contributed by atoms with van der Waals surface area (Å²) in [5.74, 6) is -1.39. The molecule has 0 saturated carbocycles. The molecule has 6 nitrogen and oxygen atoms in total. The highest BCUT2D eigenvalue weighted by molar-refractivity contribution is 5.96. The zero-order chi connectivity index (χ0) is 38.2. The Morgan fingerprint density at radius 3 is 1.98 bits per heavy atom. The first kappa shape index (κ1) is 42.5. The van der Waals surface area contributed by atoms with Gasteiger partial charge in [0, 0.05) is 5.56 Å². The minimum atomic E-state index is -5.21. The van der Waals surface area contributed by atoms with Crippen LogP contribution in [-0.2, 0) is 10.9 Å². The van der Waals surface area contributed by atoms with Gasteiger partial charge in [0.1, 0.15) is 17.4 Å². The fraction of sp³-hybridized carbons (Fsp3) is 0.176. The summed E-state index contributed by atoms with van der Waals surface area (Å²) in [6.45, 7) is 3.15.